The quantitative estimate of drug-likeness (QED) is 0.678. The molecular formula is C19H19ClN6O3. The highest BCUT2D eigenvalue weighted by molar-refractivity contribution is 6.30. The SMILES string of the molecule is Cc1nonc1NC(=O)CN1CCO[C@@H](c2nccnc2-c2cccc(Cl)c2)C1. The second-order valence-corrected chi connectivity index (χ2v) is 7.08. The van der Waals surface area contributed by atoms with Gasteiger partial charge in [-0.2, -0.15) is 0 Å². The Kier molecular flexibility index (Phi) is 5.79. The van der Waals surface area contributed by atoms with Crippen LogP contribution >= 0.6 is 11.6 Å². The van der Waals surface area contributed by atoms with Crippen LogP contribution in [0.25, 0.3) is 11.3 Å². The number of aryl methyl sites for hydroxylation is 1. The van der Waals surface area contributed by atoms with E-state index in [-0.39, 0.29) is 18.6 Å². The Bertz CT molecular complexity index is 1010. The van der Waals surface area contributed by atoms with Crippen molar-refractivity contribution in [2.75, 3.05) is 31.6 Å². The number of aromatic nitrogens is 4. The zero-order valence-corrected chi connectivity index (χ0v) is 16.5. The van der Waals surface area contributed by atoms with Crippen LogP contribution in [0.1, 0.15) is 17.5 Å². The number of nitrogens with one attached hydrogen (secondary N) is 1. The molecule has 1 fully saturated rings. The second kappa shape index (κ2) is 8.64. The molecule has 1 atom stereocenters. The maximum absolute atomic E-state index is 12.4. The molecule has 150 valence electrons. The maximum atomic E-state index is 12.4. The number of benzene rings is 1. The van der Waals surface area contributed by atoms with Gasteiger partial charge >= 0.3 is 0 Å². The van der Waals surface area contributed by atoms with E-state index >= 15 is 0 Å². The summed E-state index contributed by atoms with van der Waals surface area (Å²) >= 11 is 6.13. The van der Waals surface area contributed by atoms with Crippen molar-refractivity contribution in [1.29, 1.82) is 0 Å². The van der Waals surface area contributed by atoms with E-state index in [4.69, 9.17) is 16.3 Å². The van der Waals surface area contributed by atoms with E-state index in [0.29, 0.717) is 36.2 Å². The number of morpholine rings is 1. The molecule has 0 saturated carbocycles. The zero-order valence-electron chi connectivity index (χ0n) is 15.7. The monoisotopic (exact) mass is 414 g/mol. The van der Waals surface area contributed by atoms with Crippen LogP contribution in [0.15, 0.2) is 41.3 Å². The molecule has 1 aromatic carbocycles. The Labute approximate surface area is 172 Å². The van der Waals surface area contributed by atoms with Crippen molar-refractivity contribution >= 4 is 23.3 Å². The average molecular weight is 415 g/mol. The fourth-order valence-corrected chi connectivity index (χ4v) is 3.36. The molecule has 0 radical (unpaired) electrons. The number of hydrogen-bond donors (Lipinski definition) is 1. The van der Waals surface area contributed by atoms with Crippen LogP contribution in [-0.4, -0.2) is 57.3 Å². The fourth-order valence-electron chi connectivity index (χ4n) is 3.17. The highest BCUT2D eigenvalue weighted by Gasteiger charge is 2.27. The van der Waals surface area contributed by atoms with Crippen molar-refractivity contribution < 1.29 is 14.2 Å². The van der Waals surface area contributed by atoms with E-state index in [0.717, 1.165) is 17.0 Å². The second-order valence-electron chi connectivity index (χ2n) is 6.64. The van der Waals surface area contributed by atoms with Gasteiger partial charge in [0.1, 0.15) is 11.8 Å². The lowest BCUT2D eigenvalue weighted by Gasteiger charge is -2.32. The zero-order chi connectivity index (χ0) is 20.2. The Balaban J connectivity index is 1.48. The predicted molar refractivity (Wildman–Crippen MR) is 105 cm³/mol. The molecule has 3 aromatic rings. The summed E-state index contributed by atoms with van der Waals surface area (Å²) in [5, 5.41) is 10.7. The van der Waals surface area contributed by atoms with Crippen LogP contribution in [-0.2, 0) is 9.53 Å². The van der Waals surface area contributed by atoms with Gasteiger partial charge in [0.15, 0.2) is 5.82 Å². The number of amides is 1. The van der Waals surface area contributed by atoms with Gasteiger partial charge < -0.3 is 10.1 Å². The number of carbonyl (C=O) groups excluding carboxylic acids is 1. The van der Waals surface area contributed by atoms with Crippen molar-refractivity contribution in [3.63, 3.8) is 0 Å². The number of rotatable bonds is 5. The summed E-state index contributed by atoms with van der Waals surface area (Å²) in [4.78, 5) is 23.3. The molecular weight excluding hydrogens is 396 g/mol. The van der Waals surface area contributed by atoms with E-state index in [1.807, 2.05) is 29.2 Å². The summed E-state index contributed by atoms with van der Waals surface area (Å²) < 4.78 is 10.5. The van der Waals surface area contributed by atoms with Crippen LogP contribution in [0.2, 0.25) is 5.02 Å². The highest BCUT2D eigenvalue weighted by atomic mass is 35.5. The minimum atomic E-state index is -0.310. The lowest BCUT2D eigenvalue weighted by molar-refractivity contribution is -0.119. The normalized spacial score (nSPS) is 17.2. The van der Waals surface area contributed by atoms with E-state index in [1.165, 1.54) is 0 Å². The molecule has 4 rings (SSSR count). The third-order valence-corrected chi connectivity index (χ3v) is 4.79. The van der Waals surface area contributed by atoms with Crippen molar-refractivity contribution in [1.82, 2.24) is 25.2 Å². The van der Waals surface area contributed by atoms with E-state index in [2.05, 4.69) is 30.2 Å². The van der Waals surface area contributed by atoms with Crippen LogP contribution in [0.5, 0.6) is 0 Å². The number of hydrogen-bond acceptors (Lipinski definition) is 8. The number of carbonyl (C=O) groups is 1. The Morgan fingerprint density at radius 3 is 2.97 bits per heavy atom. The first-order valence-corrected chi connectivity index (χ1v) is 9.48. The third kappa shape index (κ3) is 4.58. The van der Waals surface area contributed by atoms with Crippen molar-refractivity contribution in [2.45, 2.75) is 13.0 Å². The Hall–Kier alpha value is -2.88. The van der Waals surface area contributed by atoms with Crippen LogP contribution in [0.3, 0.4) is 0 Å². The lowest BCUT2D eigenvalue weighted by Crippen LogP contribution is -2.43. The molecule has 10 heteroatoms. The number of ether oxygens (including phenoxy) is 1. The highest BCUT2D eigenvalue weighted by Crippen LogP contribution is 2.30. The molecule has 3 heterocycles. The fraction of sp³-hybridized carbons (Fsp3) is 0.316. The number of anilines is 1. The van der Waals surface area contributed by atoms with Crippen molar-refractivity contribution in [3.8, 4) is 11.3 Å². The van der Waals surface area contributed by atoms with Gasteiger partial charge in [-0.3, -0.25) is 19.7 Å². The summed E-state index contributed by atoms with van der Waals surface area (Å²) in [6.07, 6.45) is 2.97. The van der Waals surface area contributed by atoms with E-state index in [9.17, 15) is 4.79 Å². The van der Waals surface area contributed by atoms with Crippen LogP contribution in [0.4, 0.5) is 5.82 Å². The average Bonchev–Trinajstić information content (AvgIpc) is 3.12. The van der Waals surface area contributed by atoms with E-state index < -0.39 is 0 Å². The minimum absolute atomic E-state index is 0.193. The van der Waals surface area contributed by atoms with Crippen molar-refractivity contribution in [3.05, 3.63) is 53.1 Å². The first-order valence-electron chi connectivity index (χ1n) is 9.10. The standard InChI is InChI=1S/C19H19ClN6O3/c1-12-19(25-29-24-12)23-16(27)11-26-7-8-28-15(10-26)18-17(21-5-6-22-18)13-3-2-4-14(20)9-13/h2-6,9,15H,7-8,10-11H2,1H3,(H,23,25,27)/t15-/m1/s1. The summed E-state index contributed by atoms with van der Waals surface area (Å²) in [5.41, 5.74) is 2.84. The number of halogens is 1. The van der Waals surface area contributed by atoms with Gasteiger partial charge in [-0.25, -0.2) is 4.63 Å². The Morgan fingerprint density at radius 1 is 1.31 bits per heavy atom. The lowest BCUT2D eigenvalue weighted by atomic mass is 10.1. The molecule has 2 aromatic heterocycles. The first-order chi connectivity index (χ1) is 14.1. The van der Waals surface area contributed by atoms with Gasteiger partial charge in [0.25, 0.3) is 0 Å². The van der Waals surface area contributed by atoms with Crippen LogP contribution < -0.4 is 5.32 Å². The largest absolute Gasteiger partial charge is 0.369 e. The molecule has 1 amide bonds. The third-order valence-electron chi connectivity index (χ3n) is 4.56. The summed E-state index contributed by atoms with van der Waals surface area (Å²) in [7, 11) is 0. The Morgan fingerprint density at radius 2 is 2.17 bits per heavy atom. The smallest absolute Gasteiger partial charge is 0.239 e. The predicted octanol–water partition coefficient (Wildman–Crippen LogP) is 2.50. The molecule has 1 aliphatic rings. The maximum Gasteiger partial charge on any atom is 0.239 e. The molecule has 0 spiro atoms. The molecule has 0 aliphatic carbocycles. The topological polar surface area (TPSA) is 106 Å². The minimum Gasteiger partial charge on any atom is -0.369 e. The molecule has 1 N–H and O–H groups in total. The molecule has 9 nitrogen and oxygen atoms in total. The van der Waals surface area contributed by atoms with Gasteiger partial charge in [0, 0.05) is 36.1 Å². The van der Waals surface area contributed by atoms with Crippen LogP contribution in [0, 0.1) is 6.92 Å². The van der Waals surface area contributed by atoms with Gasteiger partial charge in [-0.05, 0) is 24.2 Å². The summed E-state index contributed by atoms with van der Waals surface area (Å²) in [6, 6.07) is 7.46. The molecule has 1 saturated heterocycles. The van der Waals surface area contributed by atoms with Gasteiger partial charge in [0.05, 0.1) is 24.5 Å². The summed E-state index contributed by atoms with van der Waals surface area (Å²) in [6.45, 7) is 3.53. The molecule has 0 bridgehead atoms. The molecule has 29 heavy (non-hydrogen) atoms. The molecule has 0 unspecified atom stereocenters. The number of nitrogens with zero attached hydrogens (tertiary/aromatic N) is 5. The van der Waals surface area contributed by atoms with Gasteiger partial charge in [-0.15, -0.1) is 0 Å². The molecule has 1 aliphatic heterocycles. The summed E-state index contributed by atoms with van der Waals surface area (Å²) in [5.74, 6) is 0.135. The van der Waals surface area contributed by atoms with E-state index in [1.54, 1.807) is 19.3 Å². The van der Waals surface area contributed by atoms with Crippen molar-refractivity contribution in [2.24, 2.45) is 0 Å². The van der Waals surface area contributed by atoms with Gasteiger partial charge in [0.2, 0.25) is 5.91 Å². The van der Waals surface area contributed by atoms with Gasteiger partial charge in [-0.1, -0.05) is 28.9 Å². The first kappa shape index (κ1) is 19.4.